The largest absolute Gasteiger partial charge is 0.497 e. The van der Waals surface area contributed by atoms with Crippen LogP contribution >= 0.6 is 12.2 Å². The van der Waals surface area contributed by atoms with Crippen molar-refractivity contribution in [2.24, 2.45) is 0 Å². The Morgan fingerprint density at radius 3 is 2.42 bits per heavy atom. The van der Waals surface area contributed by atoms with Crippen LogP contribution in [0.3, 0.4) is 0 Å². The number of methoxy groups -OCH3 is 2. The number of hydrogen-bond donors (Lipinski definition) is 2. The standard InChI is InChI=1S/C29H28N4O4S/c1-17-15-22(18(2)32(17)20-10-8-19(9-11-20)28(34)35)27-26(23-7-5-6-14-30-23)31-29(38)33(27)24-16-21(36-3)12-13-25(24)37-4/h5-16,26-27H,1-4H3,(H,31,38)(H,34,35). The van der Waals surface area contributed by atoms with Gasteiger partial charge >= 0.3 is 5.97 Å². The van der Waals surface area contributed by atoms with Gasteiger partial charge in [0.2, 0.25) is 0 Å². The number of carboxylic acids is 1. The van der Waals surface area contributed by atoms with Crippen LogP contribution in [0.15, 0.2) is 72.9 Å². The van der Waals surface area contributed by atoms with Crippen LogP contribution < -0.4 is 19.7 Å². The number of carboxylic acid groups (broad SMARTS) is 1. The van der Waals surface area contributed by atoms with Crippen molar-refractivity contribution >= 4 is 29.0 Å². The van der Waals surface area contributed by atoms with E-state index in [0.29, 0.717) is 16.6 Å². The van der Waals surface area contributed by atoms with Crippen molar-refractivity contribution < 1.29 is 19.4 Å². The smallest absolute Gasteiger partial charge is 0.335 e. The van der Waals surface area contributed by atoms with Gasteiger partial charge in [0.05, 0.1) is 43.2 Å². The van der Waals surface area contributed by atoms with Crippen LogP contribution in [0.4, 0.5) is 5.69 Å². The third-order valence-electron chi connectivity index (χ3n) is 6.91. The molecular formula is C29H28N4O4S. The van der Waals surface area contributed by atoms with Crippen molar-refractivity contribution in [3.63, 3.8) is 0 Å². The molecule has 2 unspecified atom stereocenters. The Morgan fingerprint density at radius 1 is 1.03 bits per heavy atom. The number of anilines is 1. The molecule has 0 saturated carbocycles. The maximum absolute atomic E-state index is 11.4. The molecular weight excluding hydrogens is 500 g/mol. The zero-order chi connectivity index (χ0) is 27.0. The minimum Gasteiger partial charge on any atom is -0.497 e. The lowest BCUT2D eigenvalue weighted by Crippen LogP contribution is -2.30. The number of carbonyl (C=O) groups is 1. The summed E-state index contributed by atoms with van der Waals surface area (Å²) in [5.74, 6) is 0.400. The van der Waals surface area contributed by atoms with Crippen molar-refractivity contribution in [2.45, 2.75) is 25.9 Å². The van der Waals surface area contributed by atoms with Crippen LogP contribution in [0.2, 0.25) is 0 Å². The molecule has 1 aliphatic heterocycles. The second kappa shape index (κ2) is 10.2. The highest BCUT2D eigenvalue weighted by Crippen LogP contribution is 2.47. The first-order chi connectivity index (χ1) is 18.3. The highest BCUT2D eigenvalue weighted by atomic mass is 32.1. The number of aromatic carboxylic acids is 1. The molecule has 0 spiro atoms. The lowest BCUT2D eigenvalue weighted by molar-refractivity contribution is 0.0697. The molecule has 2 atom stereocenters. The van der Waals surface area contributed by atoms with E-state index in [1.807, 2.05) is 55.5 Å². The number of hydrogen-bond acceptors (Lipinski definition) is 5. The third-order valence-corrected chi connectivity index (χ3v) is 7.22. The summed E-state index contributed by atoms with van der Waals surface area (Å²) in [5, 5.41) is 13.4. The third kappa shape index (κ3) is 4.35. The van der Waals surface area contributed by atoms with E-state index >= 15 is 0 Å². The highest BCUT2D eigenvalue weighted by molar-refractivity contribution is 7.80. The van der Waals surface area contributed by atoms with Crippen LogP contribution in [-0.2, 0) is 0 Å². The molecule has 4 aromatic rings. The average Bonchev–Trinajstić information content (AvgIpc) is 3.43. The Hall–Kier alpha value is -4.37. The molecule has 0 aliphatic carbocycles. The number of nitrogens with one attached hydrogen (secondary N) is 1. The number of aromatic nitrogens is 2. The predicted molar refractivity (Wildman–Crippen MR) is 150 cm³/mol. The van der Waals surface area contributed by atoms with Crippen molar-refractivity contribution in [2.75, 3.05) is 19.1 Å². The van der Waals surface area contributed by atoms with Gasteiger partial charge in [0.1, 0.15) is 11.5 Å². The van der Waals surface area contributed by atoms with Crippen LogP contribution in [-0.4, -0.2) is 40.0 Å². The number of benzene rings is 2. The van der Waals surface area contributed by atoms with Crippen molar-refractivity contribution in [3.05, 3.63) is 101 Å². The van der Waals surface area contributed by atoms with E-state index in [1.54, 1.807) is 32.5 Å². The quantitative estimate of drug-likeness (QED) is 0.309. The summed E-state index contributed by atoms with van der Waals surface area (Å²) in [6.45, 7) is 4.10. The molecule has 8 nitrogen and oxygen atoms in total. The van der Waals surface area contributed by atoms with Crippen LogP contribution in [0, 0.1) is 13.8 Å². The van der Waals surface area contributed by atoms with Crippen LogP contribution in [0.25, 0.3) is 5.69 Å². The number of ether oxygens (including phenoxy) is 2. The van der Waals surface area contributed by atoms with Crippen molar-refractivity contribution in [3.8, 4) is 17.2 Å². The van der Waals surface area contributed by atoms with E-state index in [4.69, 9.17) is 21.7 Å². The molecule has 1 saturated heterocycles. The molecule has 1 fully saturated rings. The molecule has 2 N–H and O–H groups in total. The first-order valence-electron chi connectivity index (χ1n) is 12.1. The summed E-state index contributed by atoms with van der Waals surface area (Å²) >= 11 is 5.91. The molecule has 2 aromatic carbocycles. The molecule has 5 rings (SSSR count). The number of pyridine rings is 1. The zero-order valence-corrected chi connectivity index (χ0v) is 22.3. The number of aryl methyl sites for hydroxylation is 1. The van der Waals surface area contributed by atoms with Crippen LogP contribution in [0.5, 0.6) is 11.5 Å². The fraction of sp³-hybridized carbons (Fsp3) is 0.207. The van der Waals surface area contributed by atoms with E-state index in [1.165, 1.54) is 0 Å². The summed E-state index contributed by atoms with van der Waals surface area (Å²) < 4.78 is 13.4. The topological polar surface area (TPSA) is 88.9 Å². The summed E-state index contributed by atoms with van der Waals surface area (Å²) in [6.07, 6.45) is 1.78. The van der Waals surface area contributed by atoms with E-state index in [2.05, 4.69) is 32.8 Å². The fourth-order valence-electron chi connectivity index (χ4n) is 5.15. The molecule has 38 heavy (non-hydrogen) atoms. The van der Waals surface area contributed by atoms with Gasteiger partial charge in [0, 0.05) is 29.3 Å². The molecule has 0 radical (unpaired) electrons. The first kappa shape index (κ1) is 25.3. The fourth-order valence-corrected chi connectivity index (χ4v) is 5.49. The molecule has 0 bridgehead atoms. The molecule has 3 heterocycles. The number of thiocarbonyl (C=S) groups is 1. The van der Waals surface area contributed by atoms with E-state index in [0.717, 1.165) is 34.0 Å². The maximum atomic E-state index is 11.4. The summed E-state index contributed by atoms with van der Waals surface area (Å²) in [4.78, 5) is 18.1. The monoisotopic (exact) mass is 528 g/mol. The molecule has 2 aromatic heterocycles. The Kier molecular flexibility index (Phi) is 6.77. The lowest BCUT2D eigenvalue weighted by atomic mass is 9.96. The molecule has 9 heteroatoms. The second-order valence-electron chi connectivity index (χ2n) is 9.05. The number of nitrogens with zero attached hydrogens (tertiary/aromatic N) is 3. The summed E-state index contributed by atoms with van der Waals surface area (Å²) in [7, 11) is 3.26. The predicted octanol–water partition coefficient (Wildman–Crippen LogP) is 5.38. The van der Waals surface area contributed by atoms with Gasteiger partial charge < -0.3 is 29.4 Å². The molecule has 1 aliphatic rings. The maximum Gasteiger partial charge on any atom is 0.335 e. The van der Waals surface area contributed by atoms with Gasteiger partial charge in [-0.1, -0.05) is 6.07 Å². The van der Waals surface area contributed by atoms with Gasteiger partial charge in [0.25, 0.3) is 0 Å². The minimum atomic E-state index is -0.954. The summed E-state index contributed by atoms with van der Waals surface area (Å²) in [6, 6.07) is 20.0. The van der Waals surface area contributed by atoms with Gasteiger partial charge in [-0.3, -0.25) is 4.98 Å². The normalized spacial score (nSPS) is 16.8. The van der Waals surface area contributed by atoms with Gasteiger partial charge in [-0.05, 0) is 86.2 Å². The Balaban J connectivity index is 1.69. The number of rotatable bonds is 7. The Morgan fingerprint density at radius 2 is 1.79 bits per heavy atom. The van der Waals surface area contributed by atoms with Gasteiger partial charge in [-0.25, -0.2) is 4.79 Å². The SMILES string of the molecule is COc1ccc(OC)c(N2C(=S)NC(c3ccccn3)C2c2cc(C)n(-c3ccc(C(=O)O)cc3)c2C)c1. The highest BCUT2D eigenvalue weighted by Gasteiger charge is 2.43. The minimum absolute atomic E-state index is 0.233. The summed E-state index contributed by atoms with van der Waals surface area (Å²) in [5.41, 5.74) is 5.84. The van der Waals surface area contributed by atoms with Gasteiger partial charge in [0.15, 0.2) is 5.11 Å². The Labute approximate surface area is 226 Å². The molecule has 194 valence electrons. The average molecular weight is 529 g/mol. The van der Waals surface area contributed by atoms with E-state index < -0.39 is 5.97 Å². The lowest BCUT2D eigenvalue weighted by Gasteiger charge is -2.29. The molecule has 0 amide bonds. The van der Waals surface area contributed by atoms with Gasteiger partial charge in [-0.2, -0.15) is 0 Å². The van der Waals surface area contributed by atoms with E-state index in [9.17, 15) is 9.90 Å². The van der Waals surface area contributed by atoms with Crippen molar-refractivity contribution in [1.82, 2.24) is 14.9 Å². The van der Waals surface area contributed by atoms with Crippen LogP contribution in [0.1, 0.15) is 45.1 Å². The van der Waals surface area contributed by atoms with Gasteiger partial charge in [-0.15, -0.1) is 0 Å². The zero-order valence-electron chi connectivity index (χ0n) is 21.5. The van der Waals surface area contributed by atoms with Crippen molar-refractivity contribution in [1.29, 1.82) is 0 Å². The van der Waals surface area contributed by atoms with E-state index in [-0.39, 0.29) is 17.6 Å². The Bertz CT molecular complexity index is 1500. The first-order valence-corrected chi connectivity index (χ1v) is 12.5. The second-order valence-corrected chi connectivity index (χ2v) is 9.43.